The van der Waals surface area contributed by atoms with Gasteiger partial charge in [0.05, 0.1) is 4.90 Å². The predicted molar refractivity (Wildman–Crippen MR) is 78.1 cm³/mol. The summed E-state index contributed by atoms with van der Waals surface area (Å²) in [5.74, 6) is 0.635. The van der Waals surface area contributed by atoms with Crippen LogP contribution in [0.4, 0.5) is 0 Å². The van der Waals surface area contributed by atoms with E-state index in [9.17, 15) is 13.2 Å². The Morgan fingerprint density at radius 3 is 2.75 bits per heavy atom. The Morgan fingerprint density at radius 1 is 1.30 bits per heavy atom. The van der Waals surface area contributed by atoms with Crippen LogP contribution in [0.25, 0.3) is 0 Å². The van der Waals surface area contributed by atoms with E-state index in [2.05, 4.69) is 11.9 Å². The first-order valence-corrected chi connectivity index (χ1v) is 8.67. The molecular formula is C14H22N2O3S. The normalized spacial score (nSPS) is 21.6. The molecule has 0 saturated carbocycles. The highest BCUT2D eigenvalue weighted by Crippen LogP contribution is 2.25. The van der Waals surface area contributed by atoms with Gasteiger partial charge in [-0.2, -0.15) is 4.31 Å². The summed E-state index contributed by atoms with van der Waals surface area (Å²) < 4.78 is 26.6. The third-order valence-electron chi connectivity index (χ3n) is 3.90. The molecule has 0 amide bonds. The van der Waals surface area contributed by atoms with E-state index in [1.165, 1.54) is 24.8 Å². The standard InChI is InChI=1S/C14H22N2O3S/c1-2-4-12-5-3-9-16(10-8-12)20(18,19)13-6-7-14(17)15-11-13/h6-7,11-12H,2-5,8-10H2,1H3,(H,15,17). The van der Waals surface area contributed by atoms with Crippen molar-refractivity contribution < 1.29 is 8.42 Å². The van der Waals surface area contributed by atoms with Gasteiger partial charge in [-0.25, -0.2) is 8.42 Å². The molecule has 1 aliphatic heterocycles. The van der Waals surface area contributed by atoms with Gasteiger partial charge in [-0.1, -0.05) is 19.8 Å². The number of hydrogen-bond donors (Lipinski definition) is 1. The number of H-pyrrole nitrogens is 1. The molecule has 0 aromatic carbocycles. The van der Waals surface area contributed by atoms with Crippen molar-refractivity contribution in [3.8, 4) is 0 Å². The second kappa shape index (κ2) is 6.54. The Morgan fingerprint density at radius 2 is 2.10 bits per heavy atom. The first-order valence-electron chi connectivity index (χ1n) is 7.23. The maximum Gasteiger partial charge on any atom is 0.247 e. The molecule has 2 heterocycles. The summed E-state index contributed by atoms with van der Waals surface area (Å²) >= 11 is 0. The summed E-state index contributed by atoms with van der Waals surface area (Å²) in [6.45, 7) is 3.31. The molecule has 0 spiro atoms. The topological polar surface area (TPSA) is 70.2 Å². The molecule has 112 valence electrons. The van der Waals surface area contributed by atoms with Crippen LogP contribution in [0, 0.1) is 5.92 Å². The lowest BCUT2D eigenvalue weighted by Gasteiger charge is -2.20. The minimum Gasteiger partial charge on any atom is -0.328 e. The van der Waals surface area contributed by atoms with Crippen molar-refractivity contribution in [3.63, 3.8) is 0 Å². The fourth-order valence-electron chi connectivity index (χ4n) is 2.78. The quantitative estimate of drug-likeness (QED) is 0.924. The van der Waals surface area contributed by atoms with Crippen molar-refractivity contribution in [1.82, 2.24) is 9.29 Å². The number of nitrogens with zero attached hydrogens (tertiary/aromatic N) is 1. The van der Waals surface area contributed by atoms with Gasteiger partial charge in [0.1, 0.15) is 0 Å². The maximum absolute atomic E-state index is 12.5. The lowest BCUT2D eigenvalue weighted by Crippen LogP contribution is -2.32. The van der Waals surface area contributed by atoms with E-state index in [-0.39, 0.29) is 10.5 Å². The Bertz CT molecular complexity index is 574. The highest BCUT2D eigenvalue weighted by molar-refractivity contribution is 7.89. The lowest BCUT2D eigenvalue weighted by molar-refractivity contribution is 0.400. The van der Waals surface area contributed by atoms with Crippen molar-refractivity contribution in [3.05, 3.63) is 28.7 Å². The molecule has 6 heteroatoms. The van der Waals surface area contributed by atoms with Crippen molar-refractivity contribution in [2.75, 3.05) is 13.1 Å². The molecule has 0 aliphatic carbocycles. The van der Waals surface area contributed by atoms with Crippen molar-refractivity contribution >= 4 is 10.0 Å². The molecular weight excluding hydrogens is 276 g/mol. The van der Waals surface area contributed by atoms with Crippen LogP contribution in [0.15, 0.2) is 28.0 Å². The van der Waals surface area contributed by atoms with Crippen molar-refractivity contribution in [1.29, 1.82) is 0 Å². The van der Waals surface area contributed by atoms with Gasteiger partial charge in [0, 0.05) is 25.4 Å². The smallest absolute Gasteiger partial charge is 0.247 e. The molecule has 0 radical (unpaired) electrons. The van der Waals surface area contributed by atoms with Crippen LogP contribution in [-0.2, 0) is 10.0 Å². The summed E-state index contributed by atoms with van der Waals surface area (Å²) in [4.78, 5) is 13.6. The Balaban J connectivity index is 2.13. The fraction of sp³-hybridized carbons (Fsp3) is 0.643. The molecule has 1 aliphatic rings. The van der Waals surface area contributed by atoms with Crippen molar-refractivity contribution in [2.45, 2.75) is 43.9 Å². The SMILES string of the molecule is CCCC1CCCN(S(=O)(=O)c2ccc(=O)[nH]c2)CC1. The minimum absolute atomic E-state index is 0.172. The van der Waals surface area contributed by atoms with E-state index in [4.69, 9.17) is 0 Å². The second-order valence-corrected chi connectivity index (χ2v) is 7.32. The van der Waals surface area contributed by atoms with Crippen LogP contribution in [0.1, 0.15) is 39.0 Å². The van der Waals surface area contributed by atoms with Gasteiger partial charge >= 0.3 is 0 Å². The molecule has 2 rings (SSSR count). The molecule has 1 saturated heterocycles. The van der Waals surface area contributed by atoms with E-state index in [1.54, 1.807) is 4.31 Å². The van der Waals surface area contributed by atoms with Crippen LogP contribution in [0.5, 0.6) is 0 Å². The van der Waals surface area contributed by atoms with Crippen LogP contribution >= 0.6 is 0 Å². The first-order chi connectivity index (χ1) is 9.54. The third-order valence-corrected chi connectivity index (χ3v) is 5.79. The number of aromatic nitrogens is 1. The van der Waals surface area contributed by atoms with Gasteiger partial charge in [0.15, 0.2) is 0 Å². The van der Waals surface area contributed by atoms with Gasteiger partial charge < -0.3 is 4.98 Å². The molecule has 20 heavy (non-hydrogen) atoms. The monoisotopic (exact) mass is 298 g/mol. The molecule has 1 aromatic heterocycles. The highest BCUT2D eigenvalue weighted by atomic mass is 32.2. The largest absolute Gasteiger partial charge is 0.328 e. The van der Waals surface area contributed by atoms with Crippen LogP contribution in [-0.4, -0.2) is 30.8 Å². The van der Waals surface area contributed by atoms with E-state index >= 15 is 0 Å². The third kappa shape index (κ3) is 3.49. The molecule has 5 nitrogen and oxygen atoms in total. The highest BCUT2D eigenvalue weighted by Gasteiger charge is 2.27. The zero-order valence-corrected chi connectivity index (χ0v) is 12.7. The zero-order chi connectivity index (χ0) is 14.6. The molecule has 1 aromatic rings. The predicted octanol–water partition coefficient (Wildman–Crippen LogP) is 1.97. The van der Waals surface area contributed by atoms with Gasteiger partial charge in [-0.15, -0.1) is 0 Å². The summed E-state index contributed by atoms with van der Waals surface area (Å²) in [7, 11) is -3.48. The first kappa shape index (κ1) is 15.3. The number of pyridine rings is 1. The molecule has 1 fully saturated rings. The summed E-state index contributed by atoms with van der Waals surface area (Å²) in [6.07, 6.45) is 6.55. The van der Waals surface area contributed by atoms with Gasteiger partial charge in [-0.05, 0) is 31.2 Å². The molecule has 1 unspecified atom stereocenters. The van der Waals surface area contributed by atoms with Crippen LogP contribution in [0.3, 0.4) is 0 Å². The van der Waals surface area contributed by atoms with Crippen LogP contribution in [0.2, 0.25) is 0 Å². The van der Waals surface area contributed by atoms with Gasteiger partial charge in [0.25, 0.3) is 0 Å². The lowest BCUT2D eigenvalue weighted by atomic mass is 9.96. The number of hydrogen-bond acceptors (Lipinski definition) is 3. The average Bonchev–Trinajstić information content (AvgIpc) is 2.66. The molecule has 1 atom stereocenters. The van der Waals surface area contributed by atoms with Gasteiger partial charge in [0.2, 0.25) is 15.6 Å². The Kier molecular flexibility index (Phi) is 4.99. The van der Waals surface area contributed by atoms with Crippen molar-refractivity contribution in [2.24, 2.45) is 5.92 Å². The molecule has 1 N–H and O–H groups in total. The fourth-order valence-corrected chi connectivity index (χ4v) is 4.24. The van der Waals surface area contributed by atoms with E-state index < -0.39 is 10.0 Å². The number of rotatable bonds is 4. The second-order valence-electron chi connectivity index (χ2n) is 5.38. The summed E-state index contributed by atoms with van der Waals surface area (Å²) in [5.41, 5.74) is -0.289. The van der Waals surface area contributed by atoms with E-state index in [0.29, 0.717) is 19.0 Å². The Hall–Kier alpha value is -1.14. The van der Waals surface area contributed by atoms with E-state index in [0.717, 1.165) is 25.7 Å². The van der Waals surface area contributed by atoms with Gasteiger partial charge in [-0.3, -0.25) is 4.79 Å². The summed E-state index contributed by atoms with van der Waals surface area (Å²) in [5, 5.41) is 0. The number of aromatic amines is 1. The zero-order valence-electron chi connectivity index (χ0n) is 11.8. The summed E-state index contributed by atoms with van der Waals surface area (Å²) in [6, 6.07) is 2.63. The average molecular weight is 298 g/mol. The number of sulfonamides is 1. The Labute approximate surface area is 120 Å². The van der Waals surface area contributed by atoms with Crippen LogP contribution < -0.4 is 5.56 Å². The number of nitrogens with one attached hydrogen (secondary N) is 1. The van der Waals surface area contributed by atoms with E-state index in [1.807, 2.05) is 0 Å². The minimum atomic E-state index is -3.48. The molecule has 0 bridgehead atoms. The maximum atomic E-state index is 12.5.